The SMILES string of the molecule is C[C@@H](O)CC(=O)SCCNC(=O)CCNC(=O)[C@H](O)C(C)(C)COC(=O)CCCN. The molecular weight excluding hydrogens is 414 g/mol. The maximum Gasteiger partial charge on any atom is 0.305 e. The molecule has 0 rings (SSSR count). The highest BCUT2D eigenvalue weighted by Gasteiger charge is 2.34. The molecule has 0 fully saturated rings. The minimum Gasteiger partial charge on any atom is -0.465 e. The number of esters is 1. The van der Waals surface area contributed by atoms with Crippen molar-refractivity contribution in [3.63, 3.8) is 0 Å². The average Bonchev–Trinajstić information content (AvgIpc) is 2.66. The van der Waals surface area contributed by atoms with Gasteiger partial charge in [0.05, 0.1) is 12.7 Å². The molecule has 6 N–H and O–H groups in total. The molecule has 0 aliphatic carbocycles. The number of aliphatic hydroxyl groups excluding tert-OH is 2. The molecule has 0 bridgehead atoms. The Labute approximate surface area is 181 Å². The van der Waals surface area contributed by atoms with Crippen molar-refractivity contribution >= 4 is 34.7 Å². The van der Waals surface area contributed by atoms with Gasteiger partial charge >= 0.3 is 5.97 Å². The summed E-state index contributed by atoms with van der Waals surface area (Å²) in [5, 5.41) is 24.3. The van der Waals surface area contributed by atoms with Crippen molar-refractivity contribution in [2.24, 2.45) is 11.1 Å². The molecule has 0 aromatic heterocycles. The first-order valence-corrected chi connectivity index (χ1v) is 10.9. The molecule has 0 unspecified atom stereocenters. The maximum atomic E-state index is 12.1. The second-order valence-corrected chi connectivity index (χ2v) is 8.76. The summed E-state index contributed by atoms with van der Waals surface area (Å²) >= 11 is 1.03. The van der Waals surface area contributed by atoms with Gasteiger partial charge < -0.3 is 31.3 Å². The molecule has 0 radical (unpaired) electrons. The van der Waals surface area contributed by atoms with Gasteiger partial charge in [-0.15, -0.1) is 0 Å². The minimum atomic E-state index is -1.42. The van der Waals surface area contributed by atoms with E-state index in [1.54, 1.807) is 13.8 Å². The molecule has 10 nitrogen and oxygen atoms in total. The first-order valence-electron chi connectivity index (χ1n) is 9.91. The summed E-state index contributed by atoms with van der Waals surface area (Å²) in [5.41, 5.74) is 4.32. The van der Waals surface area contributed by atoms with Gasteiger partial charge in [0.2, 0.25) is 11.8 Å². The Kier molecular flexibility index (Phi) is 14.3. The van der Waals surface area contributed by atoms with Crippen molar-refractivity contribution in [3.8, 4) is 0 Å². The van der Waals surface area contributed by atoms with E-state index < -0.39 is 29.5 Å². The number of aliphatic hydroxyl groups is 2. The van der Waals surface area contributed by atoms with E-state index in [0.717, 1.165) is 11.8 Å². The molecule has 0 aliphatic rings. The molecule has 0 heterocycles. The number of hydrogen-bond donors (Lipinski definition) is 5. The molecule has 174 valence electrons. The number of rotatable bonds is 15. The van der Waals surface area contributed by atoms with Crippen molar-refractivity contribution < 1.29 is 34.1 Å². The standard InChI is InChI=1S/C19H35N3O7S/c1-13(23)11-16(26)30-10-9-21-14(24)6-8-22-18(28)17(27)19(2,3)12-29-15(25)5-4-7-20/h13,17,23,27H,4-12,20H2,1-3H3,(H,21,24)(H,22,28)/t13-,17+/m1/s1. The zero-order valence-corrected chi connectivity index (χ0v) is 18.8. The van der Waals surface area contributed by atoms with E-state index in [-0.39, 0.29) is 50.0 Å². The highest BCUT2D eigenvalue weighted by atomic mass is 32.2. The zero-order valence-electron chi connectivity index (χ0n) is 17.9. The van der Waals surface area contributed by atoms with Crippen LogP contribution in [0.15, 0.2) is 0 Å². The van der Waals surface area contributed by atoms with Crippen molar-refractivity contribution in [1.82, 2.24) is 10.6 Å². The van der Waals surface area contributed by atoms with Crippen LogP contribution in [0, 0.1) is 5.41 Å². The van der Waals surface area contributed by atoms with E-state index in [1.165, 1.54) is 6.92 Å². The van der Waals surface area contributed by atoms with Crippen LogP contribution in [0.1, 0.15) is 46.5 Å². The molecule has 0 aromatic carbocycles. The maximum absolute atomic E-state index is 12.1. The van der Waals surface area contributed by atoms with E-state index in [9.17, 15) is 24.3 Å². The Morgan fingerprint density at radius 2 is 1.77 bits per heavy atom. The van der Waals surface area contributed by atoms with E-state index in [0.29, 0.717) is 18.7 Å². The molecule has 0 spiro atoms. The fourth-order valence-electron chi connectivity index (χ4n) is 2.16. The Bertz CT molecular complexity index is 570. The van der Waals surface area contributed by atoms with E-state index >= 15 is 0 Å². The number of amides is 2. The summed E-state index contributed by atoms with van der Waals surface area (Å²) in [7, 11) is 0. The van der Waals surface area contributed by atoms with Crippen LogP contribution in [0.25, 0.3) is 0 Å². The molecular formula is C19H35N3O7S. The van der Waals surface area contributed by atoms with Gasteiger partial charge in [-0.2, -0.15) is 0 Å². The predicted octanol–water partition coefficient (Wildman–Crippen LogP) is -0.691. The fraction of sp³-hybridized carbons (Fsp3) is 0.789. The quantitative estimate of drug-likeness (QED) is 0.160. The lowest BCUT2D eigenvalue weighted by Gasteiger charge is -2.29. The average molecular weight is 450 g/mol. The van der Waals surface area contributed by atoms with Crippen LogP contribution in [0.5, 0.6) is 0 Å². The van der Waals surface area contributed by atoms with Crippen molar-refractivity contribution in [2.75, 3.05) is 32.0 Å². The Hall–Kier alpha value is -1.69. The van der Waals surface area contributed by atoms with Crippen LogP contribution >= 0.6 is 11.8 Å². The van der Waals surface area contributed by atoms with Crippen molar-refractivity contribution in [2.45, 2.75) is 58.7 Å². The third kappa shape index (κ3) is 13.5. The van der Waals surface area contributed by atoms with E-state index in [2.05, 4.69) is 10.6 Å². The van der Waals surface area contributed by atoms with Crippen LogP contribution in [-0.4, -0.2) is 77.3 Å². The molecule has 2 amide bonds. The van der Waals surface area contributed by atoms with Crippen molar-refractivity contribution in [3.05, 3.63) is 0 Å². The number of thioether (sulfide) groups is 1. The summed E-state index contributed by atoms with van der Waals surface area (Å²) in [6.07, 6.45) is -1.35. The molecule has 2 atom stereocenters. The summed E-state index contributed by atoms with van der Waals surface area (Å²) in [5.74, 6) is -1.02. The van der Waals surface area contributed by atoms with Crippen LogP contribution < -0.4 is 16.4 Å². The summed E-state index contributed by atoms with van der Waals surface area (Å²) < 4.78 is 5.08. The number of nitrogens with one attached hydrogen (secondary N) is 2. The zero-order chi connectivity index (χ0) is 23.2. The second-order valence-electron chi connectivity index (χ2n) is 7.61. The van der Waals surface area contributed by atoms with Gasteiger partial charge in [0.1, 0.15) is 6.10 Å². The van der Waals surface area contributed by atoms with E-state index in [1.807, 2.05) is 0 Å². The number of hydrogen-bond acceptors (Lipinski definition) is 9. The van der Waals surface area contributed by atoms with Crippen LogP contribution in [-0.2, 0) is 23.9 Å². The molecule has 30 heavy (non-hydrogen) atoms. The predicted molar refractivity (Wildman–Crippen MR) is 113 cm³/mol. The summed E-state index contributed by atoms with van der Waals surface area (Å²) in [4.78, 5) is 46.8. The highest BCUT2D eigenvalue weighted by Crippen LogP contribution is 2.21. The van der Waals surface area contributed by atoms with Gasteiger partial charge in [-0.3, -0.25) is 19.2 Å². The van der Waals surface area contributed by atoms with E-state index in [4.69, 9.17) is 15.6 Å². The smallest absolute Gasteiger partial charge is 0.305 e. The van der Waals surface area contributed by atoms with Gasteiger partial charge in [0.25, 0.3) is 0 Å². The van der Waals surface area contributed by atoms with Crippen LogP contribution in [0.2, 0.25) is 0 Å². The van der Waals surface area contributed by atoms with Gasteiger partial charge in [0, 0.05) is 43.5 Å². The largest absolute Gasteiger partial charge is 0.465 e. The Balaban J connectivity index is 4.08. The van der Waals surface area contributed by atoms with Crippen LogP contribution in [0.4, 0.5) is 0 Å². The topological polar surface area (TPSA) is 168 Å². The van der Waals surface area contributed by atoms with Gasteiger partial charge in [-0.1, -0.05) is 25.6 Å². The number of carbonyl (C=O) groups excluding carboxylic acids is 4. The van der Waals surface area contributed by atoms with Crippen LogP contribution in [0.3, 0.4) is 0 Å². The molecule has 0 saturated heterocycles. The van der Waals surface area contributed by atoms with Gasteiger partial charge in [0.15, 0.2) is 5.12 Å². The molecule has 0 aliphatic heterocycles. The number of nitrogens with two attached hydrogens (primary N) is 1. The van der Waals surface area contributed by atoms with Gasteiger partial charge in [-0.25, -0.2) is 0 Å². The Morgan fingerprint density at radius 3 is 2.37 bits per heavy atom. The minimum absolute atomic E-state index is 0.0131. The third-order valence-electron chi connectivity index (χ3n) is 3.98. The molecule has 0 aromatic rings. The lowest BCUT2D eigenvalue weighted by atomic mass is 9.87. The normalized spacial score (nSPS) is 13.3. The summed E-state index contributed by atoms with van der Waals surface area (Å²) in [6, 6.07) is 0. The first-order chi connectivity index (χ1) is 14.0. The lowest BCUT2D eigenvalue weighted by Crippen LogP contribution is -2.47. The lowest BCUT2D eigenvalue weighted by molar-refractivity contribution is -0.153. The monoisotopic (exact) mass is 449 g/mol. The second kappa shape index (κ2) is 15.2. The first kappa shape index (κ1) is 28.3. The fourth-order valence-corrected chi connectivity index (χ4v) is 2.95. The Morgan fingerprint density at radius 1 is 1.10 bits per heavy atom. The van der Waals surface area contributed by atoms with Crippen molar-refractivity contribution in [1.29, 1.82) is 0 Å². The molecule has 11 heteroatoms. The molecule has 0 saturated carbocycles. The summed E-state index contributed by atoms with van der Waals surface area (Å²) in [6.45, 7) is 5.28. The number of ether oxygens (including phenoxy) is 1. The van der Waals surface area contributed by atoms with Gasteiger partial charge in [-0.05, 0) is 19.9 Å². The highest BCUT2D eigenvalue weighted by molar-refractivity contribution is 8.13. The number of carbonyl (C=O) groups is 4. The third-order valence-corrected chi connectivity index (χ3v) is 4.88.